The first kappa shape index (κ1) is 25.7. The number of rotatable bonds is 10. The van der Waals surface area contributed by atoms with Crippen molar-refractivity contribution in [2.75, 3.05) is 13.7 Å². The maximum Gasteiger partial charge on any atom is 0.381 e. The van der Waals surface area contributed by atoms with Crippen LogP contribution in [0.1, 0.15) is 12.8 Å². The summed E-state index contributed by atoms with van der Waals surface area (Å²) in [5.74, 6) is -21.5. The zero-order valence-electron chi connectivity index (χ0n) is 14.9. The Labute approximate surface area is 168 Å². The van der Waals surface area contributed by atoms with E-state index >= 15 is 0 Å². The summed E-state index contributed by atoms with van der Waals surface area (Å²) < 4.78 is 115. The minimum absolute atomic E-state index is 0.0419. The predicted molar refractivity (Wildman–Crippen MR) is 84.7 cm³/mol. The van der Waals surface area contributed by atoms with Crippen molar-refractivity contribution in [1.82, 2.24) is 0 Å². The summed E-state index contributed by atoms with van der Waals surface area (Å²) in [5.41, 5.74) is 0. The summed E-state index contributed by atoms with van der Waals surface area (Å²) in [4.78, 5) is 23.0. The van der Waals surface area contributed by atoms with Gasteiger partial charge in [0.2, 0.25) is 0 Å². The van der Waals surface area contributed by atoms with Crippen molar-refractivity contribution >= 4 is 23.5 Å². The van der Waals surface area contributed by atoms with Gasteiger partial charge in [0.1, 0.15) is 0 Å². The van der Waals surface area contributed by atoms with E-state index in [9.17, 15) is 44.7 Å². The maximum atomic E-state index is 13.3. The predicted octanol–water partition coefficient (Wildman–Crippen LogP) is 4.75. The van der Waals surface area contributed by atoms with Crippen LogP contribution in [0.25, 0.3) is 0 Å². The number of hydrogen-bond donors (Lipinski definition) is 0. The van der Waals surface area contributed by atoms with Crippen molar-refractivity contribution in [3.63, 3.8) is 0 Å². The molecule has 0 aromatic heterocycles. The molecule has 0 saturated carbocycles. The monoisotopic (exact) mass is 472 g/mol. The third-order valence-electron chi connectivity index (χ3n) is 3.45. The Kier molecular flexibility index (Phi) is 8.29. The quantitative estimate of drug-likeness (QED) is 0.279. The normalized spacial score (nSPS) is 12.6. The lowest BCUT2D eigenvalue weighted by molar-refractivity contribution is -0.344. The number of benzene rings is 1. The van der Waals surface area contributed by atoms with Crippen molar-refractivity contribution in [1.29, 1.82) is 0 Å². The van der Waals surface area contributed by atoms with E-state index in [1.165, 1.54) is 25.3 Å². The Balaban J connectivity index is 2.62. The molecule has 14 heteroatoms. The van der Waals surface area contributed by atoms with Gasteiger partial charge in [-0.1, -0.05) is 11.6 Å². The standard InChI is InChI=1S/C16H13ClF8O5/c1-28-10-6-8(17)2-3-9(10)30-12(27)5-4-11(26)29-7-14(20,21)16(24,25)15(22,23)13(18)19/h2-3,6,13H,4-5,7H2,1H3. The minimum Gasteiger partial charge on any atom is -0.493 e. The number of alkyl halides is 8. The second-order valence-electron chi connectivity index (χ2n) is 5.63. The topological polar surface area (TPSA) is 61.8 Å². The van der Waals surface area contributed by atoms with Gasteiger partial charge in [0.05, 0.1) is 20.0 Å². The third kappa shape index (κ3) is 5.86. The Bertz CT molecular complexity index is 772. The highest BCUT2D eigenvalue weighted by Gasteiger charge is 2.75. The molecule has 1 aromatic rings. The zero-order chi connectivity index (χ0) is 23.3. The van der Waals surface area contributed by atoms with Crippen molar-refractivity contribution in [2.45, 2.75) is 37.0 Å². The fourth-order valence-electron chi connectivity index (χ4n) is 1.82. The van der Waals surface area contributed by atoms with Gasteiger partial charge in [0, 0.05) is 11.1 Å². The lowest BCUT2D eigenvalue weighted by Gasteiger charge is -2.31. The molecule has 5 nitrogen and oxygen atoms in total. The summed E-state index contributed by atoms with van der Waals surface area (Å²) >= 11 is 5.70. The van der Waals surface area contributed by atoms with Crippen LogP contribution in [0.5, 0.6) is 11.5 Å². The molecule has 0 heterocycles. The molecule has 0 aliphatic heterocycles. The average Bonchev–Trinajstić information content (AvgIpc) is 2.65. The molecule has 0 radical (unpaired) electrons. The molecule has 0 N–H and O–H groups in total. The number of ether oxygens (including phenoxy) is 3. The van der Waals surface area contributed by atoms with Gasteiger partial charge < -0.3 is 14.2 Å². The van der Waals surface area contributed by atoms with Gasteiger partial charge in [-0.25, -0.2) is 8.78 Å². The summed E-state index contributed by atoms with van der Waals surface area (Å²) in [7, 11) is 1.23. The second kappa shape index (κ2) is 9.67. The summed E-state index contributed by atoms with van der Waals surface area (Å²) in [6.45, 7) is -2.61. The van der Waals surface area contributed by atoms with E-state index in [2.05, 4.69) is 4.74 Å². The Morgan fingerprint density at radius 1 is 1.00 bits per heavy atom. The zero-order valence-corrected chi connectivity index (χ0v) is 15.6. The van der Waals surface area contributed by atoms with Gasteiger partial charge in [0.15, 0.2) is 18.1 Å². The first-order valence-electron chi connectivity index (χ1n) is 7.77. The number of hydrogen-bond acceptors (Lipinski definition) is 5. The molecule has 0 unspecified atom stereocenters. The highest BCUT2D eigenvalue weighted by Crippen LogP contribution is 2.48. The number of carbonyl (C=O) groups is 2. The van der Waals surface area contributed by atoms with Crippen molar-refractivity contribution in [3.8, 4) is 11.5 Å². The van der Waals surface area contributed by atoms with Crippen LogP contribution >= 0.6 is 11.6 Å². The molecule has 1 rings (SSSR count). The van der Waals surface area contributed by atoms with E-state index in [0.717, 1.165) is 0 Å². The SMILES string of the molecule is COc1cc(Cl)ccc1OC(=O)CCC(=O)OCC(F)(F)C(F)(F)C(F)(F)C(F)F. The molecule has 0 bridgehead atoms. The Hall–Kier alpha value is -2.31. The van der Waals surface area contributed by atoms with Crippen LogP contribution < -0.4 is 9.47 Å². The van der Waals surface area contributed by atoms with Crippen LogP contribution in [-0.4, -0.2) is 49.8 Å². The Morgan fingerprint density at radius 3 is 2.10 bits per heavy atom. The van der Waals surface area contributed by atoms with E-state index in [4.69, 9.17) is 21.1 Å². The maximum absolute atomic E-state index is 13.3. The summed E-state index contributed by atoms with van der Waals surface area (Å²) in [6.07, 6.45) is -6.82. The van der Waals surface area contributed by atoms with Gasteiger partial charge >= 0.3 is 36.1 Å². The van der Waals surface area contributed by atoms with Gasteiger partial charge in [-0.3, -0.25) is 9.59 Å². The molecule has 0 aliphatic carbocycles. The van der Waals surface area contributed by atoms with Gasteiger partial charge in [0.25, 0.3) is 0 Å². The Morgan fingerprint density at radius 2 is 1.57 bits per heavy atom. The lowest BCUT2D eigenvalue weighted by Crippen LogP contribution is -2.59. The molecule has 1 aromatic carbocycles. The fraction of sp³-hybridized carbons (Fsp3) is 0.500. The number of esters is 2. The van der Waals surface area contributed by atoms with Crippen LogP contribution in [-0.2, 0) is 14.3 Å². The van der Waals surface area contributed by atoms with Crippen molar-refractivity contribution < 1.29 is 58.9 Å². The van der Waals surface area contributed by atoms with Gasteiger partial charge in [-0.15, -0.1) is 0 Å². The van der Waals surface area contributed by atoms with Crippen molar-refractivity contribution in [2.24, 2.45) is 0 Å². The van der Waals surface area contributed by atoms with E-state index in [1.807, 2.05) is 0 Å². The third-order valence-corrected chi connectivity index (χ3v) is 3.68. The molecular weight excluding hydrogens is 460 g/mol. The first-order chi connectivity index (χ1) is 13.7. The highest BCUT2D eigenvalue weighted by molar-refractivity contribution is 6.30. The summed E-state index contributed by atoms with van der Waals surface area (Å²) in [5, 5.41) is 0.241. The van der Waals surface area contributed by atoms with E-state index in [1.54, 1.807) is 0 Å². The number of methoxy groups -OCH3 is 1. The molecule has 0 amide bonds. The smallest absolute Gasteiger partial charge is 0.381 e. The molecule has 30 heavy (non-hydrogen) atoms. The van der Waals surface area contributed by atoms with Crippen LogP contribution in [0.2, 0.25) is 5.02 Å². The summed E-state index contributed by atoms with van der Waals surface area (Å²) in [6, 6.07) is 3.86. The average molecular weight is 473 g/mol. The molecular formula is C16H13ClF8O5. The first-order valence-corrected chi connectivity index (χ1v) is 8.15. The minimum atomic E-state index is -6.50. The van der Waals surface area contributed by atoms with Crippen LogP contribution in [0.15, 0.2) is 18.2 Å². The van der Waals surface area contributed by atoms with Gasteiger partial charge in [-0.2, -0.15) is 26.3 Å². The van der Waals surface area contributed by atoms with E-state index in [-0.39, 0.29) is 16.5 Å². The van der Waals surface area contributed by atoms with Crippen molar-refractivity contribution in [3.05, 3.63) is 23.2 Å². The molecule has 170 valence electrons. The van der Waals surface area contributed by atoms with Crippen LogP contribution in [0.3, 0.4) is 0 Å². The number of halogens is 9. The van der Waals surface area contributed by atoms with Crippen LogP contribution in [0, 0.1) is 0 Å². The largest absolute Gasteiger partial charge is 0.493 e. The van der Waals surface area contributed by atoms with E-state index < -0.39 is 55.6 Å². The fourth-order valence-corrected chi connectivity index (χ4v) is 1.98. The second-order valence-corrected chi connectivity index (χ2v) is 6.07. The van der Waals surface area contributed by atoms with Gasteiger partial charge in [-0.05, 0) is 12.1 Å². The molecule has 0 fully saturated rings. The molecule has 0 atom stereocenters. The lowest BCUT2D eigenvalue weighted by atomic mass is 10.1. The highest BCUT2D eigenvalue weighted by atomic mass is 35.5. The number of carbonyl (C=O) groups excluding carboxylic acids is 2. The molecule has 0 saturated heterocycles. The molecule has 0 spiro atoms. The van der Waals surface area contributed by atoms with Crippen LogP contribution in [0.4, 0.5) is 35.1 Å². The van der Waals surface area contributed by atoms with E-state index in [0.29, 0.717) is 0 Å². The molecule has 0 aliphatic rings.